The second-order valence-corrected chi connectivity index (χ2v) is 8.28. The highest BCUT2D eigenvalue weighted by Gasteiger charge is 2.33. The summed E-state index contributed by atoms with van der Waals surface area (Å²) in [5, 5.41) is 11.6. The van der Waals surface area contributed by atoms with Crippen LogP contribution in [0.5, 0.6) is 11.5 Å². The number of nitrogens with zero attached hydrogens (tertiary/aromatic N) is 1. The summed E-state index contributed by atoms with van der Waals surface area (Å²) in [5.74, 6) is -0.645. The summed E-state index contributed by atoms with van der Waals surface area (Å²) in [6.45, 7) is 0.145. The number of alkyl halides is 3. The molecule has 0 aliphatic carbocycles. The van der Waals surface area contributed by atoms with Crippen LogP contribution < -0.4 is 14.8 Å². The quantitative estimate of drug-likeness (QED) is 0.145. The van der Waals surface area contributed by atoms with Gasteiger partial charge in [0.2, 0.25) is 0 Å². The van der Waals surface area contributed by atoms with E-state index in [1.54, 1.807) is 24.3 Å². The molecule has 0 fully saturated rings. The number of anilines is 1. The van der Waals surface area contributed by atoms with Crippen molar-refractivity contribution in [3.63, 3.8) is 0 Å². The lowest BCUT2D eigenvalue weighted by Crippen LogP contribution is -2.17. The molecule has 0 aromatic heterocycles. The van der Waals surface area contributed by atoms with Gasteiger partial charge in [0.15, 0.2) is 11.5 Å². The Morgan fingerprint density at radius 2 is 1.83 bits per heavy atom. The molecule has 3 rings (SSSR count). The van der Waals surface area contributed by atoms with Crippen molar-refractivity contribution >= 4 is 40.3 Å². The zero-order valence-electron chi connectivity index (χ0n) is 18.1. The van der Waals surface area contributed by atoms with Crippen LogP contribution in [0, 0.1) is 20.7 Å². The number of benzene rings is 3. The Bertz CT molecular complexity index is 1300. The molecule has 35 heavy (non-hydrogen) atoms. The molecule has 180 valence electrons. The number of rotatable bonds is 7. The average molecular weight is 596 g/mol. The minimum absolute atomic E-state index is 0.145. The molecular weight excluding hydrogens is 579 g/mol. The van der Waals surface area contributed by atoms with E-state index in [1.165, 1.54) is 43.5 Å². The third-order valence-corrected chi connectivity index (χ3v) is 5.51. The van der Waals surface area contributed by atoms with Gasteiger partial charge in [0.05, 0.1) is 21.9 Å². The van der Waals surface area contributed by atoms with E-state index in [4.69, 9.17) is 9.47 Å². The van der Waals surface area contributed by atoms with Crippen LogP contribution in [-0.4, -0.2) is 13.0 Å². The van der Waals surface area contributed by atoms with Crippen LogP contribution in [0.3, 0.4) is 0 Å². The Labute approximate surface area is 212 Å². The van der Waals surface area contributed by atoms with Crippen molar-refractivity contribution in [3.8, 4) is 17.6 Å². The number of hydrogen-bond acceptors (Lipinski definition) is 4. The number of carbonyl (C=O) groups is 1. The number of amides is 1. The molecular formula is C25H17F4IN2O3. The molecule has 1 amide bonds. The predicted molar refractivity (Wildman–Crippen MR) is 130 cm³/mol. The maximum atomic E-state index is 13.2. The fourth-order valence-electron chi connectivity index (χ4n) is 3.04. The summed E-state index contributed by atoms with van der Waals surface area (Å²) in [6.07, 6.45) is -3.44. The minimum atomic E-state index is -4.67. The van der Waals surface area contributed by atoms with Gasteiger partial charge in [-0.3, -0.25) is 4.79 Å². The molecule has 0 saturated heterocycles. The summed E-state index contributed by atoms with van der Waals surface area (Å²) in [4.78, 5) is 12.6. The zero-order valence-corrected chi connectivity index (χ0v) is 20.3. The molecule has 0 heterocycles. The van der Waals surface area contributed by atoms with Gasteiger partial charge in [0.1, 0.15) is 24.1 Å². The van der Waals surface area contributed by atoms with Crippen molar-refractivity contribution in [2.75, 3.05) is 12.4 Å². The van der Waals surface area contributed by atoms with Crippen LogP contribution in [0.2, 0.25) is 0 Å². The first-order valence-electron chi connectivity index (χ1n) is 9.96. The van der Waals surface area contributed by atoms with Crippen LogP contribution in [0.15, 0.2) is 66.2 Å². The van der Waals surface area contributed by atoms with Crippen molar-refractivity contribution in [2.45, 2.75) is 12.8 Å². The van der Waals surface area contributed by atoms with Crippen LogP contribution in [0.1, 0.15) is 16.7 Å². The third kappa shape index (κ3) is 6.73. The lowest BCUT2D eigenvalue weighted by molar-refractivity contribution is -0.137. The number of hydrogen-bond donors (Lipinski definition) is 1. The molecule has 0 spiro atoms. The molecule has 10 heteroatoms. The Morgan fingerprint density at radius 1 is 1.14 bits per heavy atom. The third-order valence-electron chi connectivity index (χ3n) is 4.70. The maximum absolute atomic E-state index is 13.2. The minimum Gasteiger partial charge on any atom is -0.493 e. The van der Waals surface area contributed by atoms with Crippen molar-refractivity contribution in [1.29, 1.82) is 5.26 Å². The SMILES string of the molecule is COc1cc(C=C(C#N)C(=O)Nc2ccccc2C(F)(F)F)cc(I)c1OCc1ccc(F)cc1. The second kappa shape index (κ2) is 11.2. The van der Waals surface area contributed by atoms with Crippen molar-refractivity contribution in [1.82, 2.24) is 0 Å². The van der Waals surface area contributed by atoms with Gasteiger partial charge in [0, 0.05) is 0 Å². The van der Waals surface area contributed by atoms with E-state index in [0.717, 1.165) is 17.7 Å². The monoisotopic (exact) mass is 596 g/mol. The normalized spacial score (nSPS) is 11.5. The molecule has 5 nitrogen and oxygen atoms in total. The number of carbonyl (C=O) groups excluding carboxylic acids is 1. The number of methoxy groups -OCH3 is 1. The topological polar surface area (TPSA) is 71.3 Å². The lowest BCUT2D eigenvalue weighted by atomic mass is 10.1. The summed E-state index contributed by atoms with van der Waals surface area (Å²) < 4.78 is 64.5. The first-order chi connectivity index (χ1) is 16.6. The number of nitrogens with one attached hydrogen (secondary N) is 1. The number of nitriles is 1. The lowest BCUT2D eigenvalue weighted by Gasteiger charge is -2.14. The number of para-hydroxylation sites is 1. The van der Waals surface area contributed by atoms with E-state index in [-0.39, 0.29) is 12.4 Å². The second-order valence-electron chi connectivity index (χ2n) is 7.12. The summed E-state index contributed by atoms with van der Waals surface area (Å²) in [5.41, 5.74) is -0.751. The molecule has 0 atom stereocenters. The van der Waals surface area contributed by atoms with Gasteiger partial charge < -0.3 is 14.8 Å². The number of ether oxygens (including phenoxy) is 2. The standard InChI is InChI=1S/C25H17F4IN2O3/c1-34-22-12-16(11-20(30)23(22)35-14-15-6-8-18(26)9-7-15)10-17(13-31)24(33)32-21-5-3-2-4-19(21)25(27,28)29/h2-12H,14H2,1H3,(H,32,33). The van der Waals surface area contributed by atoms with E-state index >= 15 is 0 Å². The molecule has 0 radical (unpaired) electrons. The average Bonchev–Trinajstić information content (AvgIpc) is 2.82. The number of halogens is 5. The van der Waals surface area contributed by atoms with Crippen LogP contribution in [-0.2, 0) is 17.6 Å². The van der Waals surface area contributed by atoms with Crippen LogP contribution in [0.25, 0.3) is 6.08 Å². The molecule has 0 bridgehead atoms. The highest BCUT2D eigenvalue weighted by Crippen LogP contribution is 2.36. The maximum Gasteiger partial charge on any atom is 0.418 e. The van der Waals surface area contributed by atoms with Gasteiger partial charge in [-0.25, -0.2) is 4.39 Å². The molecule has 0 aliphatic heterocycles. The Balaban J connectivity index is 1.84. The van der Waals surface area contributed by atoms with Crippen LogP contribution >= 0.6 is 22.6 Å². The van der Waals surface area contributed by atoms with Gasteiger partial charge in [0.25, 0.3) is 5.91 Å². The molecule has 0 unspecified atom stereocenters. The fraction of sp³-hybridized carbons (Fsp3) is 0.120. The van der Waals surface area contributed by atoms with Crippen molar-refractivity contribution in [2.24, 2.45) is 0 Å². The Morgan fingerprint density at radius 3 is 2.46 bits per heavy atom. The zero-order chi connectivity index (χ0) is 25.6. The van der Waals surface area contributed by atoms with Gasteiger partial charge in [-0.1, -0.05) is 24.3 Å². The van der Waals surface area contributed by atoms with Gasteiger partial charge >= 0.3 is 6.18 Å². The predicted octanol–water partition coefficient (Wildman–Crippen LogP) is 6.58. The van der Waals surface area contributed by atoms with Crippen molar-refractivity contribution in [3.05, 3.63) is 92.3 Å². The van der Waals surface area contributed by atoms with Crippen molar-refractivity contribution < 1.29 is 31.8 Å². The van der Waals surface area contributed by atoms with Gasteiger partial charge in [-0.2, -0.15) is 18.4 Å². The molecule has 3 aromatic carbocycles. The molecule has 3 aromatic rings. The van der Waals surface area contributed by atoms with E-state index < -0.39 is 28.9 Å². The Hall–Kier alpha value is -3.59. The summed E-state index contributed by atoms with van der Waals surface area (Å²) >= 11 is 1.99. The van der Waals surface area contributed by atoms with E-state index in [0.29, 0.717) is 20.6 Å². The first kappa shape index (κ1) is 26.0. The van der Waals surface area contributed by atoms with E-state index in [9.17, 15) is 27.6 Å². The smallest absolute Gasteiger partial charge is 0.418 e. The first-order valence-corrected chi connectivity index (χ1v) is 11.0. The highest BCUT2D eigenvalue weighted by atomic mass is 127. The van der Waals surface area contributed by atoms with Gasteiger partial charge in [-0.15, -0.1) is 0 Å². The van der Waals surface area contributed by atoms with Crippen LogP contribution in [0.4, 0.5) is 23.2 Å². The Kier molecular flexibility index (Phi) is 8.34. The van der Waals surface area contributed by atoms with E-state index in [2.05, 4.69) is 5.32 Å². The molecule has 1 N–H and O–H groups in total. The summed E-state index contributed by atoms with van der Waals surface area (Å²) in [6, 6.07) is 15.2. The molecule has 0 aliphatic rings. The van der Waals surface area contributed by atoms with E-state index in [1.807, 2.05) is 22.6 Å². The highest BCUT2D eigenvalue weighted by molar-refractivity contribution is 14.1. The largest absolute Gasteiger partial charge is 0.493 e. The fourth-order valence-corrected chi connectivity index (χ4v) is 3.82. The molecule has 0 saturated carbocycles. The van der Waals surface area contributed by atoms with Gasteiger partial charge in [-0.05, 0) is 76.2 Å². The summed E-state index contributed by atoms with van der Waals surface area (Å²) in [7, 11) is 1.41.